The average Bonchev–Trinajstić information content (AvgIpc) is 2.37. The van der Waals surface area contributed by atoms with Gasteiger partial charge in [-0.1, -0.05) is 0 Å². The first-order valence-electron chi connectivity index (χ1n) is 5.30. The van der Waals surface area contributed by atoms with Gasteiger partial charge in [-0.3, -0.25) is 19.5 Å². The van der Waals surface area contributed by atoms with Crippen molar-refractivity contribution >= 4 is 16.7 Å². The second-order valence-electron chi connectivity index (χ2n) is 3.63. The van der Waals surface area contributed by atoms with E-state index in [1.54, 1.807) is 6.92 Å². The smallest absolute Gasteiger partial charge is 0.294 e. The van der Waals surface area contributed by atoms with Gasteiger partial charge in [0, 0.05) is 18.0 Å². The van der Waals surface area contributed by atoms with Crippen molar-refractivity contribution in [1.82, 2.24) is 9.55 Å². The lowest BCUT2D eigenvalue weighted by molar-refractivity contribution is -0.385. The Balaban J connectivity index is 2.84. The van der Waals surface area contributed by atoms with Crippen molar-refractivity contribution in [1.29, 1.82) is 0 Å². The number of fused-ring (bicyclic) bond motifs is 1. The first kappa shape index (κ1) is 12.0. The van der Waals surface area contributed by atoms with Gasteiger partial charge in [-0.05, 0) is 13.0 Å². The lowest BCUT2D eigenvalue weighted by Crippen LogP contribution is -2.21. The van der Waals surface area contributed by atoms with Crippen molar-refractivity contribution in [3.05, 3.63) is 38.8 Å². The molecule has 0 aromatic carbocycles. The monoisotopic (exact) mass is 249 g/mol. The summed E-state index contributed by atoms with van der Waals surface area (Å²) < 4.78 is 6.38. The molecule has 18 heavy (non-hydrogen) atoms. The summed E-state index contributed by atoms with van der Waals surface area (Å²) in [5.74, 6) is 0.145. The molecule has 0 bridgehead atoms. The zero-order valence-electron chi connectivity index (χ0n) is 9.91. The van der Waals surface area contributed by atoms with Crippen LogP contribution in [0, 0.1) is 10.1 Å². The van der Waals surface area contributed by atoms with E-state index in [4.69, 9.17) is 4.74 Å². The topological polar surface area (TPSA) is 87.3 Å². The van der Waals surface area contributed by atoms with Gasteiger partial charge in [-0.15, -0.1) is 0 Å². The molecule has 0 aliphatic carbocycles. The quantitative estimate of drug-likeness (QED) is 0.605. The van der Waals surface area contributed by atoms with E-state index in [2.05, 4.69) is 4.98 Å². The van der Waals surface area contributed by atoms with Crippen LogP contribution in [-0.2, 0) is 6.54 Å². The van der Waals surface area contributed by atoms with Crippen LogP contribution in [0.15, 0.2) is 23.1 Å². The van der Waals surface area contributed by atoms with E-state index in [1.165, 1.54) is 23.8 Å². The molecule has 0 atom stereocenters. The Kier molecular flexibility index (Phi) is 2.97. The maximum atomic E-state index is 11.9. The fourth-order valence-electron chi connectivity index (χ4n) is 1.77. The third-order valence-corrected chi connectivity index (χ3v) is 2.63. The van der Waals surface area contributed by atoms with Crippen LogP contribution in [0.25, 0.3) is 11.0 Å². The molecule has 0 aliphatic rings. The number of pyridine rings is 2. The number of nitro groups is 1. The molecule has 7 heteroatoms. The van der Waals surface area contributed by atoms with Gasteiger partial charge in [-0.2, -0.15) is 0 Å². The summed E-state index contributed by atoms with van der Waals surface area (Å²) in [5.41, 5.74) is -0.00592. The first-order valence-corrected chi connectivity index (χ1v) is 5.30. The molecule has 0 spiro atoms. The summed E-state index contributed by atoms with van der Waals surface area (Å²) in [4.78, 5) is 26.1. The zero-order valence-corrected chi connectivity index (χ0v) is 9.91. The van der Waals surface area contributed by atoms with Crippen LogP contribution in [0.3, 0.4) is 0 Å². The molecule has 0 amide bonds. The van der Waals surface area contributed by atoms with Gasteiger partial charge in [0.25, 0.3) is 11.2 Å². The number of hydrogen-bond donors (Lipinski definition) is 0. The summed E-state index contributed by atoms with van der Waals surface area (Å²) in [7, 11) is 1.38. The molecule has 0 fully saturated rings. The minimum atomic E-state index is -0.527. The van der Waals surface area contributed by atoms with E-state index in [1.807, 2.05) is 0 Å². The summed E-state index contributed by atoms with van der Waals surface area (Å²) in [5, 5.41) is 11.2. The van der Waals surface area contributed by atoms with Crippen molar-refractivity contribution in [3.63, 3.8) is 0 Å². The molecule has 2 rings (SSSR count). The van der Waals surface area contributed by atoms with Crippen LogP contribution in [-0.4, -0.2) is 21.6 Å². The first-order chi connectivity index (χ1) is 8.58. The fourth-order valence-corrected chi connectivity index (χ4v) is 1.77. The number of aryl methyl sites for hydroxylation is 1. The zero-order chi connectivity index (χ0) is 13.3. The van der Waals surface area contributed by atoms with E-state index >= 15 is 0 Å². The molecule has 7 nitrogen and oxygen atoms in total. The lowest BCUT2D eigenvalue weighted by Gasteiger charge is -2.08. The third-order valence-electron chi connectivity index (χ3n) is 2.63. The second kappa shape index (κ2) is 4.44. The maximum absolute atomic E-state index is 11.9. The molecule has 0 saturated carbocycles. The van der Waals surface area contributed by atoms with Crippen molar-refractivity contribution < 1.29 is 9.66 Å². The summed E-state index contributed by atoms with van der Waals surface area (Å²) in [6.45, 7) is 2.21. The number of aromatic nitrogens is 2. The fraction of sp³-hybridized carbons (Fsp3) is 0.273. The number of ether oxygens (including phenoxy) is 1. The number of rotatable bonds is 3. The Morgan fingerprint density at radius 3 is 2.78 bits per heavy atom. The van der Waals surface area contributed by atoms with Crippen LogP contribution in [0.5, 0.6) is 5.75 Å². The normalized spacial score (nSPS) is 10.6. The average molecular weight is 249 g/mol. The largest absolute Gasteiger partial charge is 0.491 e. The van der Waals surface area contributed by atoms with E-state index in [0.29, 0.717) is 17.6 Å². The predicted octanol–water partition coefficient (Wildman–Crippen LogP) is 1.33. The Hall–Kier alpha value is -2.44. The van der Waals surface area contributed by atoms with Gasteiger partial charge in [0.1, 0.15) is 11.8 Å². The second-order valence-corrected chi connectivity index (χ2v) is 3.63. The summed E-state index contributed by atoms with van der Waals surface area (Å²) in [6, 6.07) is 2.83. The molecular formula is C11H11N3O4. The highest BCUT2D eigenvalue weighted by Crippen LogP contribution is 2.20. The van der Waals surface area contributed by atoms with Crippen LogP contribution < -0.4 is 10.3 Å². The van der Waals surface area contributed by atoms with Gasteiger partial charge in [0.05, 0.1) is 12.0 Å². The molecule has 2 heterocycles. The highest BCUT2D eigenvalue weighted by molar-refractivity contribution is 5.78. The molecule has 0 saturated heterocycles. The SMILES string of the molecule is CCn1c(=O)c(OC)cc2cc([N+](=O)[O-])cnc21. The highest BCUT2D eigenvalue weighted by Gasteiger charge is 2.13. The van der Waals surface area contributed by atoms with Crippen LogP contribution in [0.1, 0.15) is 6.92 Å². The van der Waals surface area contributed by atoms with Gasteiger partial charge in [0.2, 0.25) is 0 Å². The van der Waals surface area contributed by atoms with Crippen molar-refractivity contribution in [2.45, 2.75) is 13.5 Å². The Labute approximate surface area is 102 Å². The van der Waals surface area contributed by atoms with Crippen LogP contribution >= 0.6 is 0 Å². The van der Waals surface area contributed by atoms with Gasteiger partial charge in [-0.25, -0.2) is 4.98 Å². The molecular weight excluding hydrogens is 238 g/mol. The number of hydrogen-bond acceptors (Lipinski definition) is 5. The summed E-state index contributed by atoms with van der Waals surface area (Å²) in [6.07, 6.45) is 1.14. The maximum Gasteiger partial charge on any atom is 0.294 e. The summed E-state index contributed by atoms with van der Waals surface area (Å²) >= 11 is 0. The number of nitrogens with zero attached hydrogens (tertiary/aromatic N) is 3. The third kappa shape index (κ3) is 1.79. The van der Waals surface area contributed by atoms with Crippen LogP contribution in [0.4, 0.5) is 5.69 Å². The molecule has 0 aliphatic heterocycles. The molecule has 0 radical (unpaired) electrons. The van der Waals surface area contributed by atoms with Crippen molar-refractivity contribution in [2.24, 2.45) is 0 Å². The molecule has 2 aromatic heterocycles. The lowest BCUT2D eigenvalue weighted by atomic mass is 10.2. The molecule has 2 aromatic rings. The molecule has 0 N–H and O–H groups in total. The van der Waals surface area contributed by atoms with Gasteiger partial charge < -0.3 is 4.74 Å². The van der Waals surface area contributed by atoms with E-state index in [-0.39, 0.29) is 17.0 Å². The van der Waals surface area contributed by atoms with Crippen molar-refractivity contribution in [2.75, 3.05) is 7.11 Å². The standard InChI is InChI=1S/C11H11N3O4/c1-3-13-10-7(5-9(18-2)11(13)15)4-8(6-12-10)14(16)17/h4-6H,3H2,1-2H3. The highest BCUT2D eigenvalue weighted by atomic mass is 16.6. The van der Waals surface area contributed by atoms with E-state index < -0.39 is 4.92 Å². The Morgan fingerprint density at radius 1 is 1.50 bits per heavy atom. The minimum Gasteiger partial charge on any atom is -0.491 e. The van der Waals surface area contributed by atoms with E-state index in [9.17, 15) is 14.9 Å². The number of methoxy groups -OCH3 is 1. The van der Waals surface area contributed by atoms with Gasteiger partial charge >= 0.3 is 0 Å². The Bertz CT molecular complexity index is 678. The van der Waals surface area contributed by atoms with Crippen LogP contribution in [0.2, 0.25) is 0 Å². The van der Waals surface area contributed by atoms with Gasteiger partial charge in [0.15, 0.2) is 5.75 Å². The van der Waals surface area contributed by atoms with Crippen molar-refractivity contribution in [3.8, 4) is 5.75 Å². The molecule has 94 valence electrons. The molecule has 0 unspecified atom stereocenters. The predicted molar refractivity (Wildman–Crippen MR) is 64.9 cm³/mol. The Morgan fingerprint density at radius 2 is 2.22 bits per heavy atom. The van der Waals surface area contributed by atoms with E-state index in [0.717, 1.165) is 6.20 Å². The minimum absolute atomic E-state index is 0.120.